The smallest absolute Gasteiger partial charge is 0.253 e. The highest BCUT2D eigenvalue weighted by atomic mass is 32.2. The maximum atomic E-state index is 12.5. The number of aryl methyl sites for hydroxylation is 1. The summed E-state index contributed by atoms with van der Waals surface area (Å²) in [6.07, 6.45) is 2.67. The predicted molar refractivity (Wildman–Crippen MR) is 81.5 cm³/mol. The van der Waals surface area contributed by atoms with Gasteiger partial charge in [-0.25, -0.2) is 13.6 Å². The van der Waals surface area contributed by atoms with Crippen LogP contribution in [-0.2, 0) is 16.4 Å². The summed E-state index contributed by atoms with van der Waals surface area (Å²) < 4.78 is 23.3. The average molecular weight is 310 g/mol. The van der Waals surface area contributed by atoms with Crippen molar-refractivity contribution in [2.45, 2.75) is 38.0 Å². The van der Waals surface area contributed by atoms with E-state index in [0.29, 0.717) is 23.5 Å². The summed E-state index contributed by atoms with van der Waals surface area (Å²) in [5.41, 5.74) is 1.03. The molecule has 0 aliphatic carbocycles. The van der Waals surface area contributed by atoms with Crippen molar-refractivity contribution in [2.24, 2.45) is 11.1 Å². The normalized spacial score (nSPS) is 19.6. The van der Waals surface area contributed by atoms with E-state index in [2.05, 4.69) is 6.92 Å². The Hall–Kier alpha value is -1.40. The molecule has 6 heteroatoms. The number of hydrogen-bond acceptors (Lipinski definition) is 3. The van der Waals surface area contributed by atoms with Gasteiger partial charge < -0.3 is 4.90 Å². The molecule has 1 aromatic rings. The van der Waals surface area contributed by atoms with E-state index in [-0.39, 0.29) is 10.8 Å². The van der Waals surface area contributed by atoms with Gasteiger partial charge in [-0.15, -0.1) is 0 Å². The van der Waals surface area contributed by atoms with Crippen LogP contribution in [0.1, 0.15) is 42.6 Å². The number of hydrogen-bond donors (Lipinski definition) is 1. The Morgan fingerprint density at radius 2 is 2.14 bits per heavy atom. The lowest BCUT2D eigenvalue weighted by Crippen LogP contribution is -2.39. The van der Waals surface area contributed by atoms with Crippen molar-refractivity contribution >= 4 is 15.9 Å². The Morgan fingerprint density at radius 3 is 2.71 bits per heavy atom. The molecule has 2 rings (SSSR count). The van der Waals surface area contributed by atoms with E-state index in [1.165, 1.54) is 6.07 Å². The molecule has 1 saturated heterocycles. The zero-order valence-electron chi connectivity index (χ0n) is 12.5. The first-order valence-electron chi connectivity index (χ1n) is 7.28. The maximum absolute atomic E-state index is 12.5. The standard InChI is InChI=1S/C15H22N2O3S/c1-3-12-6-7-13(9-14(12)21(16,19)20)15(18)17-8-4-5-11(2)10-17/h6-7,9,11H,3-5,8,10H2,1-2H3,(H2,16,19,20). The molecule has 1 aliphatic rings. The molecule has 1 unspecified atom stereocenters. The van der Waals surface area contributed by atoms with Crippen LogP contribution in [0.3, 0.4) is 0 Å². The van der Waals surface area contributed by atoms with Gasteiger partial charge in [0.15, 0.2) is 0 Å². The zero-order valence-corrected chi connectivity index (χ0v) is 13.3. The predicted octanol–water partition coefficient (Wildman–Crippen LogP) is 1.77. The van der Waals surface area contributed by atoms with E-state index >= 15 is 0 Å². The van der Waals surface area contributed by atoms with Gasteiger partial charge >= 0.3 is 0 Å². The van der Waals surface area contributed by atoms with Gasteiger partial charge in [-0.05, 0) is 42.9 Å². The van der Waals surface area contributed by atoms with Crippen LogP contribution in [-0.4, -0.2) is 32.3 Å². The first kappa shape index (κ1) is 16.0. The van der Waals surface area contributed by atoms with E-state index in [1.54, 1.807) is 17.0 Å². The maximum Gasteiger partial charge on any atom is 0.253 e. The lowest BCUT2D eigenvalue weighted by Gasteiger charge is -2.31. The van der Waals surface area contributed by atoms with Gasteiger partial charge in [-0.3, -0.25) is 4.79 Å². The molecule has 0 bridgehead atoms. The molecule has 2 N–H and O–H groups in total. The third-order valence-corrected chi connectivity index (χ3v) is 4.94. The van der Waals surface area contributed by atoms with Crippen molar-refractivity contribution in [3.05, 3.63) is 29.3 Å². The largest absolute Gasteiger partial charge is 0.338 e. The molecule has 0 radical (unpaired) electrons. The van der Waals surface area contributed by atoms with Crippen molar-refractivity contribution in [2.75, 3.05) is 13.1 Å². The van der Waals surface area contributed by atoms with Crippen molar-refractivity contribution < 1.29 is 13.2 Å². The Kier molecular flexibility index (Phi) is 4.68. The Balaban J connectivity index is 2.34. The molecule has 0 spiro atoms. The van der Waals surface area contributed by atoms with E-state index in [0.717, 1.165) is 25.9 Å². The molecule has 0 aromatic heterocycles. The molecular weight excluding hydrogens is 288 g/mol. The van der Waals surface area contributed by atoms with E-state index < -0.39 is 10.0 Å². The van der Waals surface area contributed by atoms with Crippen LogP contribution in [0, 0.1) is 5.92 Å². The quantitative estimate of drug-likeness (QED) is 0.924. The number of carbonyl (C=O) groups is 1. The molecule has 5 nitrogen and oxygen atoms in total. The number of rotatable bonds is 3. The number of piperidine rings is 1. The molecule has 1 aromatic carbocycles. The van der Waals surface area contributed by atoms with Crippen molar-refractivity contribution in [3.8, 4) is 0 Å². The molecule has 0 saturated carbocycles. The molecule has 21 heavy (non-hydrogen) atoms. The van der Waals surface area contributed by atoms with Crippen molar-refractivity contribution in [3.63, 3.8) is 0 Å². The number of primary sulfonamides is 1. The van der Waals surface area contributed by atoms with Gasteiger partial charge in [0.1, 0.15) is 0 Å². The number of carbonyl (C=O) groups excluding carboxylic acids is 1. The monoisotopic (exact) mass is 310 g/mol. The summed E-state index contributed by atoms with van der Waals surface area (Å²) in [6.45, 7) is 5.43. The minimum Gasteiger partial charge on any atom is -0.338 e. The first-order valence-corrected chi connectivity index (χ1v) is 8.82. The highest BCUT2D eigenvalue weighted by Crippen LogP contribution is 2.21. The third-order valence-electron chi connectivity index (χ3n) is 3.95. The third kappa shape index (κ3) is 3.63. The Labute approximate surface area is 126 Å². The number of nitrogens with two attached hydrogens (primary N) is 1. The van der Waals surface area contributed by atoms with Gasteiger partial charge in [-0.1, -0.05) is 19.9 Å². The summed E-state index contributed by atoms with van der Waals surface area (Å²) in [5, 5.41) is 5.25. The number of likely N-dealkylation sites (tertiary alicyclic amines) is 1. The van der Waals surface area contributed by atoms with E-state index in [4.69, 9.17) is 5.14 Å². The van der Waals surface area contributed by atoms with Gasteiger partial charge in [0.2, 0.25) is 10.0 Å². The molecule has 1 aliphatic heterocycles. The zero-order chi connectivity index (χ0) is 15.6. The molecule has 1 fully saturated rings. The van der Waals surface area contributed by atoms with Gasteiger partial charge in [0, 0.05) is 18.7 Å². The van der Waals surface area contributed by atoms with Crippen molar-refractivity contribution in [1.29, 1.82) is 0 Å². The van der Waals surface area contributed by atoms with Crippen LogP contribution in [0.4, 0.5) is 0 Å². The molecule has 1 heterocycles. The highest BCUT2D eigenvalue weighted by molar-refractivity contribution is 7.89. The van der Waals surface area contributed by atoms with Crippen molar-refractivity contribution in [1.82, 2.24) is 4.90 Å². The van der Waals surface area contributed by atoms with Gasteiger partial charge in [0.05, 0.1) is 4.90 Å². The lowest BCUT2D eigenvalue weighted by molar-refractivity contribution is 0.0683. The molecular formula is C15H22N2O3S. The van der Waals surface area contributed by atoms with E-state index in [1.807, 2.05) is 6.92 Å². The fourth-order valence-corrected chi connectivity index (χ4v) is 3.67. The van der Waals surface area contributed by atoms with E-state index in [9.17, 15) is 13.2 Å². The minimum atomic E-state index is -3.81. The number of nitrogens with zero attached hydrogens (tertiary/aromatic N) is 1. The number of sulfonamides is 1. The second kappa shape index (κ2) is 6.15. The van der Waals surface area contributed by atoms with Crippen LogP contribution < -0.4 is 5.14 Å². The fraction of sp³-hybridized carbons (Fsp3) is 0.533. The van der Waals surface area contributed by atoms with Crippen LogP contribution in [0.25, 0.3) is 0 Å². The van der Waals surface area contributed by atoms with Gasteiger partial charge in [-0.2, -0.15) is 0 Å². The molecule has 1 atom stereocenters. The lowest BCUT2D eigenvalue weighted by atomic mass is 9.99. The Morgan fingerprint density at radius 1 is 1.43 bits per heavy atom. The number of benzene rings is 1. The fourth-order valence-electron chi connectivity index (χ4n) is 2.80. The summed E-state index contributed by atoms with van der Waals surface area (Å²) in [7, 11) is -3.81. The SMILES string of the molecule is CCc1ccc(C(=O)N2CCCC(C)C2)cc1S(N)(=O)=O. The second-order valence-electron chi connectivity index (χ2n) is 5.72. The first-order chi connectivity index (χ1) is 9.82. The highest BCUT2D eigenvalue weighted by Gasteiger charge is 2.23. The van der Waals surface area contributed by atoms with Crippen LogP contribution in [0.15, 0.2) is 23.1 Å². The molecule has 116 valence electrons. The summed E-state index contributed by atoms with van der Waals surface area (Å²) in [5.74, 6) is 0.365. The van der Waals surface area contributed by atoms with Crippen LogP contribution >= 0.6 is 0 Å². The summed E-state index contributed by atoms with van der Waals surface area (Å²) in [6, 6.07) is 4.78. The van der Waals surface area contributed by atoms with Crippen LogP contribution in [0.2, 0.25) is 0 Å². The second-order valence-corrected chi connectivity index (χ2v) is 7.25. The van der Waals surface area contributed by atoms with Crippen LogP contribution in [0.5, 0.6) is 0 Å². The number of amides is 1. The average Bonchev–Trinajstić information content (AvgIpc) is 2.45. The Bertz CT molecular complexity index is 640. The van der Waals surface area contributed by atoms with Gasteiger partial charge in [0.25, 0.3) is 5.91 Å². The summed E-state index contributed by atoms with van der Waals surface area (Å²) >= 11 is 0. The summed E-state index contributed by atoms with van der Waals surface area (Å²) in [4.78, 5) is 14.4. The topological polar surface area (TPSA) is 80.5 Å². The minimum absolute atomic E-state index is 0.0564. The molecule has 1 amide bonds.